The normalized spacial score (nSPS) is 10.9. The molecular weight excluding hydrogens is 402 g/mol. The van der Waals surface area contributed by atoms with Crippen LogP contribution in [0.3, 0.4) is 0 Å². The fourth-order valence-electron chi connectivity index (χ4n) is 3.79. The van der Waals surface area contributed by atoms with E-state index in [9.17, 15) is 4.79 Å². The van der Waals surface area contributed by atoms with Crippen LogP contribution in [0.5, 0.6) is 5.75 Å². The van der Waals surface area contributed by atoms with Crippen molar-refractivity contribution in [2.75, 3.05) is 13.2 Å². The third-order valence-electron chi connectivity index (χ3n) is 5.30. The first-order valence-electron chi connectivity index (χ1n) is 10.8. The molecule has 4 aromatic rings. The van der Waals surface area contributed by atoms with Crippen molar-refractivity contribution >= 4 is 17.0 Å². The number of esters is 1. The van der Waals surface area contributed by atoms with Crippen molar-refractivity contribution in [1.29, 1.82) is 5.41 Å². The van der Waals surface area contributed by atoms with E-state index in [1.807, 2.05) is 45.5 Å². The Morgan fingerprint density at radius 2 is 1.62 bits per heavy atom. The van der Waals surface area contributed by atoms with Crippen LogP contribution in [-0.2, 0) is 17.8 Å². The molecule has 164 valence electrons. The van der Waals surface area contributed by atoms with E-state index in [-0.39, 0.29) is 5.97 Å². The van der Waals surface area contributed by atoms with Gasteiger partial charge in [-0.1, -0.05) is 48.5 Å². The maximum absolute atomic E-state index is 11.9. The molecule has 0 saturated carbocycles. The molecule has 6 heteroatoms. The molecule has 32 heavy (non-hydrogen) atoms. The van der Waals surface area contributed by atoms with Gasteiger partial charge >= 0.3 is 5.97 Å². The van der Waals surface area contributed by atoms with Crippen molar-refractivity contribution in [1.82, 2.24) is 9.13 Å². The first-order chi connectivity index (χ1) is 15.7. The van der Waals surface area contributed by atoms with Crippen LogP contribution in [0.25, 0.3) is 11.0 Å². The van der Waals surface area contributed by atoms with Gasteiger partial charge < -0.3 is 18.6 Å². The molecule has 0 spiro atoms. The summed E-state index contributed by atoms with van der Waals surface area (Å²) in [6, 6.07) is 25.4. The summed E-state index contributed by atoms with van der Waals surface area (Å²) >= 11 is 0. The minimum atomic E-state index is -0.349. The standard InChI is InChI=1S/C26H27N3O3/c1-2-31-25(30)21-12-8-13-22(18-21)32-17-9-16-28-23-14-6-7-15-24(23)29(26(28)27)19-20-10-4-3-5-11-20/h3-8,10-15,18,27H,2,9,16-17,19H2,1H3. The Hall–Kier alpha value is -3.80. The van der Waals surface area contributed by atoms with Crippen LogP contribution in [0.1, 0.15) is 29.3 Å². The first-order valence-corrected chi connectivity index (χ1v) is 10.8. The molecule has 1 heterocycles. The van der Waals surface area contributed by atoms with Crippen LogP contribution in [0.15, 0.2) is 78.9 Å². The van der Waals surface area contributed by atoms with Crippen molar-refractivity contribution in [3.63, 3.8) is 0 Å². The van der Waals surface area contributed by atoms with Gasteiger partial charge in [-0.15, -0.1) is 0 Å². The highest BCUT2D eigenvalue weighted by molar-refractivity contribution is 5.89. The van der Waals surface area contributed by atoms with Crippen molar-refractivity contribution in [2.45, 2.75) is 26.4 Å². The Balaban J connectivity index is 1.45. The van der Waals surface area contributed by atoms with Crippen LogP contribution in [-0.4, -0.2) is 28.3 Å². The lowest BCUT2D eigenvalue weighted by molar-refractivity contribution is 0.0526. The molecule has 0 aliphatic rings. The molecule has 0 atom stereocenters. The molecular formula is C26H27N3O3. The molecule has 0 unspecified atom stereocenters. The number of ether oxygens (including phenoxy) is 2. The minimum absolute atomic E-state index is 0.342. The molecule has 4 rings (SSSR count). The Labute approximate surface area is 187 Å². The topological polar surface area (TPSA) is 69.2 Å². The Kier molecular flexibility index (Phi) is 6.70. The maximum atomic E-state index is 11.9. The van der Waals surface area contributed by atoms with Gasteiger partial charge in [0.15, 0.2) is 0 Å². The van der Waals surface area contributed by atoms with Crippen LogP contribution in [0.4, 0.5) is 0 Å². The number of aryl methyl sites for hydroxylation is 1. The average molecular weight is 430 g/mol. The van der Waals surface area contributed by atoms with E-state index < -0.39 is 0 Å². The van der Waals surface area contributed by atoms with Crippen LogP contribution in [0.2, 0.25) is 0 Å². The lowest BCUT2D eigenvalue weighted by Crippen LogP contribution is -2.25. The zero-order valence-corrected chi connectivity index (χ0v) is 18.2. The lowest BCUT2D eigenvalue weighted by atomic mass is 10.2. The van der Waals surface area contributed by atoms with Crippen LogP contribution >= 0.6 is 0 Å². The average Bonchev–Trinajstić information content (AvgIpc) is 3.09. The van der Waals surface area contributed by atoms with E-state index >= 15 is 0 Å². The maximum Gasteiger partial charge on any atom is 0.338 e. The fraction of sp³-hybridized carbons (Fsp3) is 0.231. The molecule has 0 aliphatic carbocycles. The number of nitrogens with zero attached hydrogens (tertiary/aromatic N) is 2. The summed E-state index contributed by atoms with van der Waals surface area (Å²) in [6.45, 7) is 3.93. The molecule has 1 aromatic heterocycles. The summed E-state index contributed by atoms with van der Waals surface area (Å²) < 4.78 is 15.0. The van der Waals surface area contributed by atoms with Gasteiger partial charge in [0, 0.05) is 6.54 Å². The number of hydrogen-bond acceptors (Lipinski definition) is 4. The molecule has 0 aliphatic heterocycles. The summed E-state index contributed by atoms with van der Waals surface area (Å²) in [5, 5.41) is 8.77. The van der Waals surface area contributed by atoms with Gasteiger partial charge in [-0.3, -0.25) is 5.41 Å². The fourth-order valence-corrected chi connectivity index (χ4v) is 3.79. The van der Waals surface area contributed by atoms with Gasteiger partial charge in [0.2, 0.25) is 5.62 Å². The molecule has 3 aromatic carbocycles. The number of nitrogens with one attached hydrogen (secondary N) is 1. The van der Waals surface area contributed by atoms with E-state index in [1.165, 1.54) is 5.56 Å². The highest BCUT2D eigenvalue weighted by atomic mass is 16.5. The number of aromatic nitrogens is 2. The SMILES string of the molecule is CCOC(=O)c1cccc(OCCCn2c(=N)n(Cc3ccccc3)c3ccccc32)c1. The predicted octanol–water partition coefficient (Wildman–Crippen LogP) is 4.62. The third-order valence-corrected chi connectivity index (χ3v) is 5.30. The summed E-state index contributed by atoms with van der Waals surface area (Å²) in [5.41, 5.74) is 4.20. The Morgan fingerprint density at radius 1 is 0.906 bits per heavy atom. The summed E-state index contributed by atoms with van der Waals surface area (Å²) in [6.07, 6.45) is 0.736. The van der Waals surface area contributed by atoms with Gasteiger partial charge in [-0.05, 0) is 49.2 Å². The second kappa shape index (κ2) is 10.0. The van der Waals surface area contributed by atoms with Gasteiger partial charge in [-0.25, -0.2) is 4.79 Å². The van der Waals surface area contributed by atoms with E-state index in [0.29, 0.717) is 43.2 Å². The van der Waals surface area contributed by atoms with Crippen LogP contribution < -0.4 is 10.4 Å². The Bertz CT molecular complexity index is 1260. The first kappa shape index (κ1) is 21.4. The van der Waals surface area contributed by atoms with E-state index in [4.69, 9.17) is 14.9 Å². The van der Waals surface area contributed by atoms with Crippen molar-refractivity contribution in [2.24, 2.45) is 0 Å². The number of imidazole rings is 1. The number of hydrogen-bond donors (Lipinski definition) is 1. The van der Waals surface area contributed by atoms with E-state index in [1.54, 1.807) is 25.1 Å². The van der Waals surface area contributed by atoms with E-state index in [0.717, 1.165) is 17.5 Å². The molecule has 0 amide bonds. The molecule has 0 radical (unpaired) electrons. The number of para-hydroxylation sites is 2. The number of rotatable bonds is 9. The predicted molar refractivity (Wildman–Crippen MR) is 124 cm³/mol. The monoisotopic (exact) mass is 429 g/mol. The number of carbonyl (C=O) groups excluding carboxylic acids is 1. The number of fused-ring (bicyclic) bond motifs is 1. The second-order valence-electron chi connectivity index (χ2n) is 7.49. The Morgan fingerprint density at radius 3 is 2.38 bits per heavy atom. The molecule has 0 saturated heterocycles. The lowest BCUT2D eigenvalue weighted by Gasteiger charge is -2.09. The van der Waals surface area contributed by atoms with Crippen molar-refractivity contribution in [3.8, 4) is 5.75 Å². The number of carbonyl (C=O) groups is 1. The summed E-state index contributed by atoms with van der Waals surface area (Å²) in [5.74, 6) is 0.289. The zero-order valence-electron chi connectivity index (χ0n) is 18.2. The van der Waals surface area contributed by atoms with Gasteiger partial charge in [-0.2, -0.15) is 0 Å². The molecule has 0 fully saturated rings. The van der Waals surface area contributed by atoms with Crippen molar-refractivity contribution < 1.29 is 14.3 Å². The van der Waals surface area contributed by atoms with Gasteiger partial charge in [0.1, 0.15) is 5.75 Å². The molecule has 0 bridgehead atoms. The van der Waals surface area contributed by atoms with E-state index in [2.05, 4.69) is 24.3 Å². The molecule has 6 nitrogen and oxygen atoms in total. The van der Waals surface area contributed by atoms with Gasteiger partial charge in [0.05, 0.1) is 36.4 Å². The zero-order chi connectivity index (χ0) is 22.3. The smallest absolute Gasteiger partial charge is 0.338 e. The molecule has 1 N–H and O–H groups in total. The van der Waals surface area contributed by atoms with Gasteiger partial charge in [0.25, 0.3) is 0 Å². The third kappa shape index (κ3) is 4.75. The highest BCUT2D eigenvalue weighted by Gasteiger charge is 2.11. The number of benzene rings is 3. The summed E-state index contributed by atoms with van der Waals surface area (Å²) in [4.78, 5) is 11.9. The second-order valence-corrected chi connectivity index (χ2v) is 7.49. The largest absolute Gasteiger partial charge is 0.494 e. The summed E-state index contributed by atoms with van der Waals surface area (Å²) in [7, 11) is 0. The van der Waals surface area contributed by atoms with Crippen LogP contribution in [0, 0.1) is 5.41 Å². The quantitative estimate of drug-likeness (QED) is 0.312. The minimum Gasteiger partial charge on any atom is -0.494 e. The highest BCUT2D eigenvalue weighted by Crippen LogP contribution is 2.17. The van der Waals surface area contributed by atoms with Crippen molar-refractivity contribution in [3.05, 3.63) is 95.6 Å².